The zero-order valence-corrected chi connectivity index (χ0v) is 22.0. The molecule has 0 fully saturated rings. The van der Waals surface area contributed by atoms with Crippen molar-refractivity contribution in [1.82, 2.24) is 14.4 Å². The SMILES string of the molecule is c1ccc2c(-c3ccc4c(c3)sc3c4ccc4c5cccc6c7nc8ccccc8nc7n(c56)c43)cccc2c1. The van der Waals surface area contributed by atoms with Crippen LogP contribution in [0.15, 0.2) is 115 Å². The molecule has 184 valence electrons. The highest BCUT2D eigenvalue weighted by molar-refractivity contribution is 7.26. The van der Waals surface area contributed by atoms with Crippen molar-refractivity contribution in [2.45, 2.75) is 0 Å². The number of hydrogen-bond acceptors (Lipinski definition) is 3. The van der Waals surface area contributed by atoms with E-state index in [4.69, 9.17) is 9.97 Å². The van der Waals surface area contributed by atoms with Crippen molar-refractivity contribution in [1.29, 1.82) is 0 Å². The molecular weight excluding hydrogens is 506 g/mol. The van der Waals surface area contributed by atoms with Crippen LogP contribution >= 0.6 is 11.3 Å². The Morgan fingerprint density at radius 2 is 1.23 bits per heavy atom. The molecule has 4 heterocycles. The first-order chi connectivity index (χ1) is 19.8. The van der Waals surface area contributed by atoms with Gasteiger partial charge in [-0.1, -0.05) is 97.1 Å². The van der Waals surface area contributed by atoms with Gasteiger partial charge in [-0.2, -0.15) is 0 Å². The lowest BCUT2D eigenvalue weighted by molar-refractivity contribution is 1.28. The molecule has 0 aliphatic rings. The monoisotopic (exact) mass is 525 g/mol. The molecule has 0 atom stereocenters. The molecule has 0 amide bonds. The van der Waals surface area contributed by atoms with E-state index in [1.165, 1.54) is 63.9 Å². The second-order valence-corrected chi connectivity index (χ2v) is 11.7. The number of rotatable bonds is 1. The van der Waals surface area contributed by atoms with Gasteiger partial charge in [0.1, 0.15) is 5.52 Å². The molecule has 0 saturated carbocycles. The molecule has 0 unspecified atom stereocenters. The molecule has 0 spiro atoms. The van der Waals surface area contributed by atoms with Crippen molar-refractivity contribution in [2.24, 2.45) is 0 Å². The first kappa shape index (κ1) is 20.8. The second kappa shape index (κ2) is 7.32. The third kappa shape index (κ3) is 2.54. The number of fused-ring (bicyclic) bond motifs is 12. The Balaban J connectivity index is 1.34. The lowest BCUT2D eigenvalue weighted by atomic mass is 9.97. The minimum absolute atomic E-state index is 0.923. The molecule has 0 N–H and O–H groups in total. The Bertz CT molecular complexity index is 2650. The maximum absolute atomic E-state index is 5.17. The molecule has 0 aliphatic carbocycles. The standard InChI is InChI=1S/C36H19N3S/c1-2-9-22-20(7-1)8-5-10-23(22)21-15-16-24-27-18-17-26-25-11-6-12-28-32-36(38-30-14-4-3-13-29(30)37-32)39(33(25)28)34(26)35(27)40-31(24)19-21/h1-19H. The van der Waals surface area contributed by atoms with E-state index in [0.29, 0.717) is 0 Å². The van der Waals surface area contributed by atoms with Gasteiger partial charge < -0.3 is 0 Å². The van der Waals surface area contributed by atoms with Crippen LogP contribution in [0, 0.1) is 0 Å². The first-order valence-corrected chi connectivity index (χ1v) is 14.3. The molecular formula is C36H19N3S. The Kier molecular flexibility index (Phi) is 3.81. The van der Waals surface area contributed by atoms with Crippen LogP contribution in [0.4, 0.5) is 0 Å². The van der Waals surface area contributed by atoms with Gasteiger partial charge in [-0.05, 0) is 40.1 Å². The summed E-state index contributed by atoms with van der Waals surface area (Å²) in [6.45, 7) is 0. The normalized spacial score (nSPS) is 12.5. The Hall–Kier alpha value is -5.06. The first-order valence-electron chi connectivity index (χ1n) is 13.5. The summed E-state index contributed by atoms with van der Waals surface area (Å²) in [4.78, 5) is 10.3. The predicted octanol–water partition coefficient (Wildman–Crippen LogP) is 9.97. The lowest BCUT2D eigenvalue weighted by Crippen LogP contribution is -1.89. The highest BCUT2D eigenvalue weighted by atomic mass is 32.1. The quantitative estimate of drug-likeness (QED) is 0.213. The van der Waals surface area contributed by atoms with E-state index in [1.807, 2.05) is 29.5 Å². The second-order valence-electron chi connectivity index (χ2n) is 10.6. The Labute approximate surface area is 231 Å². The van der Waals surface area contributed by atoms with Crippen LogP contribution in [0.1, 0.15) is 0 Å². The van der Waals surface area contributed by atoms with Crippen molar-refractivity contribution < 1.29 is 0 Å². The number of hydrogen-bond donors (Lipinski definition) is 0. The number of nitrogens with zero attached hydrogens (tertiary/aromatic N) is 3. The molecule has 4 heteroatoms. The van der Waals surface area contributed by atoms with Crippen molar-refractivity contribution in [2.75, 3.05) is 0 Å². The van der Waals surface area contributed by atoms with Gasteiger partial charge >= 0.3 is 0 Å². The van der Waals surface area contributed by atoms with Crippen LogP contribution in [-0.4, -0.2) is 14.4 Å². The smallest absolute Gasteiger partial charge is 0.165 e. The van der Waals surface area contributed by atoms with Crippen LogP contribution in [-0.2, 0) is 0 Å². The average Bonchev–Trinajstić information content (AvgIpc) is 3.66. The third-order valence-electron chi connectivity index (χ3n) is 8.51. The fourth-order valence-electron chi connectivity index (χ4n) is 6.75. The van der Waals surface area contributed by atoms with Crippen LogP contribution in [0.3, 0.4) is 0 Å². The van der Waals surface area contributed by atoms with Gasteiger partial charge in [0.05, 0.1) is 26.8 Å². The summed E-state index contributed by atoms with van der Waals surface area (Å²) in [6.07, 6.45) is 0. The summed E-state index contributed by atoms with van der Waals surface area (Å²) in [7, 11) is 0. The summed E-state index contributed by atoms with van der Waals surface area (Å²) in [6, 6.07) is 41.5. The van der Waals surface area contributed by atoms with Gasteiger partial charge in [0, 0.05) is 31.6 Å². The molecule has 4 aromatic heterocycles. The molecule has 3 nitrogen and oxygen atoms in total. The van der Waals surface area contributed by atoms with E-state index in [2.05, 4.69) is 101 Å². The lowest BCUT2D eigenvalue weighted by Gasteiger charge is -2.07. The highest BCUT2D eigenvalue weighted by Gasteiger charge is 2.22. The zero-order chi connectivity index (χ0) is 25.9. The van der Waals surface area contributed by atoms with Crippen LogP contribution in [0.2, 0.25) is 0 Å². The van der Waals surface area contributed by atoms with Crippen LogP contribution in [0.25, 0.3) is 91.5 Å². The third-order valence-corrected chi connectivity index (χ3v) is 9.68. The maximum Gasteiger partial charge on any atom is 0.165 e. The summed E-state index contributed by atoms with van der Waals surface area (Å²) < 4.78 is 4.97. The zero-order valence-electron chi connectivity index (χ0n) is 21.2. The van der Waals surface area contributed by atoms with E-state index >= 15 is 0 Å². The molecule has 10 rings (SSSR count). The van der Waals surface area contributed by atoms with Gasteiger partial charge in [0.2, 0.25) is 0 Å². The van der Waals surface area contributed by atoms with Crippen molar-refractivity contribution in [3.05, 3.63) is 115 Å². The van der Waals surface area contributed by atoms with Crippen LogP contribution in [0.5, 0.6) is 0 Å². The largest absolute Gasteiger partial charge is 0.290 e. The average molecular weight is 526 g/mol. The van der Waals surface area contributed by atoms with Gasteiger partial charge in [0.15, 0.2) is 5.65 Å². The van der Waals surface area contributed by atoms with Gasteiger partial charge in [-0.15, -0.1) is 11.3 Å². The number of benzene rings is 6. The Morgan fingerprint density at radius 3 is 2.17 bits per heavy atom. The molecule has 40 heavy (non-hydrogen) atoms. The summed E-state index contributed by atoms with van der Waals surface area (Å²) in [5.41, 5.74) is 8.73. The Morgan fingerprint density at radius 1 is 0.525 bits per heavy atom. The summed E-state index contributed by atoms with van der Waals surface area (Å²) >= 11 is 1.88. The molecule has 0 radical (unpaired) electrons. The molecule has 0 saturated heterocycles. The molecule has 10 aromatic rings. The highest BCUT2D eigenvalue weighted by Crippen LogP contribution is 2.45. The van der Waals surface area contributed by atoms with Crippen molar-refractivity contribution >= 4 is 91.7 Å². The minimum Gasteiger partial charge on any atom is -0.290 e. The van der Waals surface area contributed by atoms with Gasteiger partial charge in [-0.3, -0.25) is 4.40 Å². The maximum atomic E-state index is 5.17. The van der Waals surface area contributed by atoms with Crippen molar-refractivity contribution in [3.8, 4) is 11.1 Å². The minimum atomic E-state index is 0.923. The summed E-state index contributed by atoms with van der Waals surface area (Å²) in [5.74, 6) is 0. The number of para-hydroxylation sites is 3. The van der Waals surface area contributed by atoms with E-state index in [1.54, 1.807) is 0 Å². The molecule has 0 bridgehead atoms. The number of aromatic nitrogens is 3. The summed E-state index contributed by atoms with van der Waals surface area (Å²) in [5, 5.41) is 8.83. The number of thiophene rings is 1. The molecule has 0 aliphatic heterocycles. The van der Waals surface area contributed by atoms with E-state index in [-0.39, 0.29) is 0 Å². The fourth-order valence-corrected chi connectivity index (χ4v) is 8.03. The fraction of sp³-hybridized carbons (Fsp3) is 0. The van der Waals surface area contributed by atoms with E-state index in [9.17, 15) is 0 Å². The van der Waals surface area contributed by atoms with E-state index < -0.39 is 0 Å². The van der Waals surface area contributed by atoms with E-state index in [0.717, 1.165) is 27.6 Å². The van der Waals surface area contributed by atoms with Gasteiger partial charge in [-0.25, -0.2) is 9.97 Å². The van der Waals surface area contributed by atoms with Gasteiger partial charge in [0.25, 0.3) is 0 Å². The predicted molar refractivity (Wildman–Crippen MR) is 170 cm³/mol. The van der Waals surface area contributed by atoms with Crippen LogP contribution < -0.4 is 0 Å². The topological polar surface area (TPSA) is 30.2 Å². The van der Waals surface area contributed by atoms with Crippen molar-refractivity contribution in [3.63, 3.8) is 0 Å². The molecule has 6 aromatic carbocycles.